The van der Waals surface area contributed by atoms with Gasteiger partial charge in [0.25, 0.3) is 0 Å². The normalized spacial score (nSPS) is 20.7. The molecule has 6 nitrogen and oxygen atoms in total. The minimum absolute atomic E-state index is 0. The number of nitrogens with zero attached hydrogens (tertiary/aromatic N) is 2. The first-order valence-corrected chi connectivity index (χ1v) is 11.6. The molecule has 152 valence electrons. The summed E-state index contributed by atoms with van der Waals surface area (Å²) in [5, 5.41) is 6.53. The molecule has 1 aromatic carbocycles. The number of nitrogens with one attached hydrogen (secondary N) is 2. The van der Waals surface area contributed by atoms with Gasteiger partial charge in [0.15, 0.2) is 5.96 Å². The summed E-state index contributed by atoms with van der Waals surface area (Å²) in [4.78, 5) is 4.77. The van der Waals surface area contributed by atoms with E-state index in [4.69, 9.17) is 4.99 Å². The molecule has 0 bridgehead atoms. The Hall–Kier alpha value is -0.390. The van der Waals surface area contributed by atoms with Crippen molar-refractivity contribution < 1.29 is 8.42 Å². The summed E-state index contributed by atoms with van der Waals surface area (Å²) in [7, 11) is -3.04. The third kappa shape index (κ3) is 5.80. The van der Waals surface area contributed by atoms with Crippen molar-refractivity contribution in [3.8, 4) is 0 Å². The van der Waals surface area contributed by atoms with Gasteiger partial charge in [-0.2, -0.15) is 0 Å². The molecule has 2 aliphatic rings. The highest BCUT2D eigenvalue weighted by Crippen LogP contribution is 2.50. The predicted molar refractivity (Wildman–Crippen MR) is 124 cm³/mol. The first-order chi connectivity index (χ1) is 12.5. The molecule has 27 heavy (non-hydrogen) atoms. The number of hydrogen-bond acceptors (Lipinski definition) is 3. The summed E-state index contributed by atoms with van der Waals surface area (Å²) >= 11 is 3.66. The van der Waals surface area contributed by atoms with Crippen molar-refractivity contribution in [3.63, 3.8) is 0 Å². The quantitative estimate of drug-likeness (QED) is 0.300. The van der Waals surface area contributed by atoms with Gasteiger partial charge in [-0.15, -0.1) is 24.0 Å². The summed E-state index contributed by atoms with van der Waals surface area (Å²) in [6, 6.07) is 8.36. The fraction of sp³-hybridized carbons (Fsp3) is 0.611. The van der Waals surface area contributed by atoms with Gasteiger partial charge in [-0.05, 0) is 37.8 Å². The topological polar surface area (TPSA) is 73.8 Å². The van der Waals surface area contributed by atoms with E-state index in [2.05, 4.69) is 44.8 Å². The van der Waals surface area contributed by atoms with E-state index in [1.54, 1.807) is 4.31 Å². The average molecular weight is 571 g/mol. The van der Waals surface area contributed by atoms with E-state index in [-0.39, 0.29) is 35.1 Å². The van der Waals surface area contributed by atoms with Crippen LogP contribution in [0.1, 0.15) is 31.7 Å². The molecule has 1 aliphatic heterocycles. The second-order valence-corrected chi connectivity index (χ2v) is 9.89. The zero-order valence-electron chi connectivity index (χ0n) is 15.6. The molecule has 3 rings (SSSR count). The number of halogens is 2. The Kier molecular flexibility index (Phi) is 8.38. The molecular weight excluding hydrogens is 543 g/mol. The maximum Gasteiger partial charge on any atom is 0.214 e. The molecule has 1 aliphatic carbocycles. The zero-order valence-corrected chi connectivity index (χ0v) is 20.3. The molecule has 0 atom stereocenters. The molecule has 1 saturated heterocycles. The number of sulfonamides is 1. The molecule has 0 unspecified atom stereocenters. The van der Waals surface area contributed by atoms with Gasteiger partial charge in [0.05, 0.1) is 12.3 Å². The summed E-state index contributed by atoms with van der Waals surface area (Å²) in [5.74, 6) is 1.03. The van der Waals surface area contributed by atoms with Gasteiger partial charge in [-0.25, -0.2) is 12.7 Å². The van der Waals surface area contributed by atoms with Crippen LogP contribution in [0.25, 0.3) is 0 Å². The first-order valence-electron chi connectivity index (χ1n) is 9.22. The average Bonchev–Trinajstić information content (AvgIpc) is 3.32. The highest BCUT2D eigenvalue weighted by molar-refractivity contribution is 14.0. The van der Waals surface area contributed by atoms with Crippen LogP contribution in [-0.2, 0) is 15.4 Å². The van der Waals surface area contributed by atoms with E-state index in [1.807, 2.05) is 13.0 Å². The maximum atomic E-state index is 11.9. The fourth-order valence-corrected chi connectivity index (χ4v) is 5.60. The van der Waals surface area contributed by atoms with Crippen LogP contribution in [0, 0.1) is 0 Å². The van der Waals surface area contributed by atoms with Crippen LogP contribution in [0.3, 0.4) is 0 Å². The van der Waals surface area contributed by atoms with Gasteiger partial charge in [0, 0.05) is 36.1 Å². The highest BCUT2D eigenvalue weighted by Gasteiger charge is 2.45. The van der Waals surface area contributed by atoms with Gasteiger partial charge in [-0.3, -0.25) is 4.99 Å². The molecule has 1 aromatic rings. The summed E-state index contributed by atoms with van der Waals surface area (Å²) < 4.78 is 26.4. The van der Waals surface area contributed by atoms with Gasteiger partial charge in [0.1, 0.15) is 0 Å². The predicted octanol–water partition coefficient (Wildman–Crippen LogP) is 2.69. The second-order valence-electron chi connectivity index (χ2n) is 6.95. The molecule has 0 amide bonds. The number of aliphatic imine (C=N–C) groups is 1. The minimum atomic E-state index is -3.04. The summed E-state index contributed by atoms with van der Waals surface area (Å²) in [5.41, 5.74) is 1.45. The Balaban J connectivity index is 0.00000261. The van der Waals surface area contributed by atoms with E-state index in [0.717, 1.165) is 42.8 Å². The minimum Gasteiger partial charge on any atom is -0.357 e. The Morgan fingerprint density at radius 1 is 1.30 bits per heavy atom. The lowest BCUT2D eigenvalue weighted by atomic mass is 9.96. The molecule has 0 aromatic heterocycles. The summed E-state index contributed by atoms with van der Waals surface area (Å²) in [6.07, 6.45) is 3.01. The maximum absolute atomic E-state index is 11.9. The molecule has 2 N–H and O–H groups in total. The van der Waals surface area contributed by atoms with E-state index >= 15 is 0 Å². The van der Waals surface area contributed by atoms with E-state index in [0.29, 0.717) is 19.6 Å². The first kappa shape index (κ1) is 22.9. The molecule has 0 spiro atoms. The zero-order chi connectivity index (χ0) is 18.6. The van der Waals surface area contributed by atoms with Gasteiger partial charge < -0.3 is 10.6 Å². The third-order valence-electron chi connectivity index (χ3n) is 5.04. The number of rotatable bonds is 7. The SMILES string of the molecule is CCNC(=NCC1(c2ccccc2Br)CC1)NCCN1CCCS1(=O)=O.I. The van der Waals surface area contributed by atoms with Crippen molar-refractivity contribution in [3.05, 3.63) is 34.3 Å². The van der Waals surface area contributed by atoms with Crippen LogP contribution in [0.5, 0.6) is 0 Å². The Morgan fingerprint density at radius 3 is 2.63 bits per heavy atom. The van der Waals surface area contributed by atoms with E-state index < -0.39 is 10.0 Å². The number of benzene rings is 1. The van der Waals surface area contributed by atoms with Crippen LogP contribution in [0.4, 0.5) is 0 Å². The monoisotopic (exact) mass is 570 g/mol. The van der Waals surface area contributed by atoms with Gasteiger partial charge in [0.2, 0.25) is 10.0 Å². The van der Waals surface area contributed by atoms with E-state index in [1.165, 1.54) is 5.56 Å². The Bertz CT molecular complexity index is 768. The molecular formula is C18H28BrIN4O2S. The van der Waals surface area contributed by atoms with Crippen LogP contribution in [0.2, 0.25) is 0 Å². The highest BCUT2D eigenvalue weighted by atomic mass is 127. The van der Waals surface area contributed by atoms with Crippen molar-refractivity contribution in [1.82, 2.24) is 14.9 Å². The smallest absolute Gasteiger partial charge is 0.214 e. The number of guanidine groups is 1. The lowest BCUT2D eigenvalue weighted by molar-refractivity contribution is 0.445. The lowest BCUT2D eigenvalue weighted by Gasteiger charge is -2.18. The molecule has 0 radical (unpaired) electrons. The second kappa shape index (κ2) is 9.89. The van der Waals surface area contributed by atoms with Crippen molar-refractivity contribution in [1.29, 1.82) is 0 Å². The Morgan fingerprint density at radius 2 is 2.04 bits per heavy atom. The molecule has 9 heteroatoms. The van der Waals surface area contributed by atoms with Crippen molar-refractivity contribution in [2.24, 2.45) is 4.99 Å². The van der Waals surface area contributed by atoms with Crippen molar-refractivity contribution in [2.75, 3.05) is 38.5 Å². The summed E-state index contributed by atoms with van der Waals surface area (Å²) in [6.45, 7) is 5.21. The molecule has 1 heterocycles. The Labute approximate surface area is 187 Å². The molecule has 1 saturated carbocycles. The largest absolute Gasteiger partial charge is 0.357 e. The third-order valence-corrected chi connectivity index (χ3v) is 7.69. The van der Waals surface area contributed by atoms with Crippen molar-refractivity contribution in [2.45, 2.75) is 31.6 Å². The lowest BCUT2D eigenvalue weighted by Crippen LogP contribution is -2.42. The van der Waals surface area contributed by atoms with Crippen molar-refractivity contribution >= 4 is 55.9 Å². The standard InChI is InChI=1S/C18H27BrN4O2S.HI/c1-2-20-17(21-10-12-23-11-5-13-26(23,24)25)22-14-18(8-9-18)15-6-3-4-7-16(15)19;/h3-4,6-7H,2,5,8-14H2,1H3,(H2,20,21,22);1H. The van der Waals surface area contributed by atoms with Crippen LogP contribution in [0.15, 0.2) is 33.7 Å². The molecule has 2 fully saturated rings. The van der Waals surface area contributed by atoms with Crippen LogP contribution < -0.4 is 10.6 Å². The number of hydrogen-bond donors (Lipinski definition) is 2. The van der Waals surface area contributed by atoms with E-state index in [9.17, 15) is 8.42 Å². The van der Waals surface area contributed by atoms with Crippen LogP contribution >= 0.6 is 39.9 Å². The fourth-order valence-electron chi connectivity index (χ4n) is 3.37. The van der Waals surface area contributed by atoms with Crippen LogP contribution in [-0.4, -0.2) is 57.2 Å². The van der Waals surface area contributed by atoms with Gasteiger partial charge in [-0.1, -0.05) is 34.1 Å². The van der Waals surface area contributed by atoms with Gasteiger partial charge >= 0.3 is 0 Å².